The molecule has 0 fully saturated rings. The minimum Gasteiger partial charge on any atom is -0.478 e. The van der Waals surface area contributed by atoms with Gasteiger partial charge < -0.3 is 15.6 Å². The van der Waals surface area contributed by atoms with Crippen LogP contribution in [0.25, 0.3) is 0 Å². The Morgan fingerprint density at radius 2 is 2.13 bits per heavy atom. The van der Waals surface area contributed by atoms with Crippen molar-refractivity contribution in [2.75, 3.05) is 5.73 Å². The molecule has 78 valence electrons. The maximum absolute atomic E-state index is 10.9. The molecule has 3 N–H and O–H groups in total. The predicted molar refractivity (Wildman–Crippen MR) is 53.6 cm³/mol. The van der Waals surface area contributed by atoms with Gasteiger partial charge in [-0.2, -0.15) is 0 Å². The first kappa shape index (κ1) is 10.8. The predicted octanol–water partition coefficient (Wildman–Crippen LogP) is 1.06. The number of para-hydroxylation sites is 1. The van der Waals surface area contributed by atoms with E-state index in [2.05, 4.69) is 6.58 Å². The van der Waals surface area contributed by atoms with E-state index in [4.69, 9.17) is 15.6 Å². The summed E-state index contributed by atoms with van der Waals surface area (Å²) in [4.78, 5) is 21.6. The number of carbonyl (C=O) groups is 2. The number of hydrogen-bond acceptors (Lipinski definition) is 4. The molecular formula is C10H9NO4. The maximum atomic E-state index is 10.9. The third-order valence-electron chi connectivity index (χ3n) is 1.67. The van der Waals surface area contributed by atoms with Crippen molar-refractivity contribution in [1.29, 1.82) is 0 Å². The number of anilines is 1. The summed E-state index contributed by atoms with van der Waals surface area (Å²) < 4.78 is 4.74. The van der Waals surface area contributed by atoms with Gasteiger partial charge in [-0.15, -0.1) is 0 Å². The van der Waals surface area contributed by atoms with E-state index >= 15 is 0 Å². The quantitative estimate of drug-likeness (QED) is 0.335. The zero-order valence-corrected chi connectivity index (χ0v) is 7.77. The van der Waals surface area contributed by atoms with Gasteiger partial charge in [0.15, 0.2) is 5.75 Å². The molecule has 0 radical (unpaired) electrons. The monoisotopic (exact) mass is 207 g/mol. The summed E-state index contributed by atoms with van der Waals surface area (Å²) in [5.41, 5.74) is 5.30. The first-order valence-corrected chi connectivity index (χ1v) is 4.02. The van der Waals surface area contributed by atoms with Gasteiger partial charge >= 0.3 is 11.9 Å². The van der Waals surface area contributed by atoms with E-state index in [1.54, 1.807) is 0 Å². The Bertz CT molecular complexity index is 425. The summed E-state index contributed by atoms with van der Waals surface area (Å²) >= 11 is 0. The van der Waals surface area contributed by atoms with Gasteiger partial charge in [-0.05, 0) is 12.1 Å². The highest BCUT2D eigenvalue weighted by Crippen LogP contribution is 2.25. The van der Waals surface area contributed by atoms with Gasteiger partial charge in [0.05, 0.1) is 11.3 Å². The molecule has 0 spiro atoms. The molecule has 5 heteroatoms. The molecule has 0 aromatic heterocycles. The molecule has 0 saturated carbocycles. The molecule has 0 heterocycles. The SMILES string of the molecule is C=CC(=O)Oc1cccc(C(=O)O)c1N. The fourth-order valence-corrected chi connectivity index (χ4v) is 0.970. The van der Waals surface area contributed by atoms with Crippen molar-refractivity contribution in [2.24, 2.45) is 0 Å². The fraction of sp³-hybridized carbons (Fsp3) is 0. The number of esters is 1. The van der Waals surface area contributed by atoms with Crippen molar-refractivity contribution in [3.63, 3.8) is 0 Å². The number of carbonyl (C=O) groups excluding carboxylic acids is 1. The molecule has 15 heavy (non-hydrogen) atoms. The summed E-state index contributed by atoms with van der Waals surface area (Å²) in [5, 5.41) is 8.74. The Hall–Kier alpha value is -2.30. The Morgan fingerprint density at radius 3 is 2.67 bits per heavy atom. The van der Waals surface area contributed by atoms with Gasteiger partial charge in [0, 0.05) is 6.08 Å². The van der Waals surface area contributed by atoms with E-state index in [0.717, 1.165) is 6.08 Å². The van der Waals surface area contributed by atoms with Crippen LogP contribution in [0.2, 0.25) is 0 Å². The number of aromatic carboxylic acids is 1. The molecule has 5 nitrogen and oxygen atoms in total. The van der Waals surface area contributed by atoms with Crippen molar-refractivity contribution in [3.8, 4) is 5.75 Å². The van der Waals surface area contributed by atoms with Gasteiger partial charge in [0.25, 0.3) is 0 Å². The second-order valence-corrected chi connectivity index (χ2v) is 2.65. The zero-order chi connectivity index (χ0) is 11.4. The molecule has 1 aromatic rings. The number of ether oxygens (including phenoxy) is 1. The lowest BCUT2D eigenvalue weighted by Gasteiger charge is -2.06. The smallest absolute Gasteiger partial charge is 0.337 e. The van der Waals surface area contributed by atoms with Crippen LogP contribution in [0.1, 0.15) is 10.4 Å². The number of rotatable bonds is 3. The highest BCUT2D eigenvalue weighted by molar-refractivity contribution is 5.96. The Morgan fingerprint density at radius 1 is 1.47 bits per heavy atom. The molecular weight excluding hydrogens is 198 g/mol. The molecule has 0 aliphatic heterocycles. The van der Waals surface area contributed by atoms with Crippen LogP contribution in [-0.2, 0) is 4.79 Å². The minimum absolute atomic E-state index is 0.0137. The Labute approximate surface area is 85.8 Å². The lowest BCUT2D eigenvalue weighted by molar-refractivity contribution is -0.128. The van der Waals surface area contributed by atoms with Crippen LogP contribution in [-0.4, -0.2) is 17.0 Å². The minimum atomic E-state index is -1.18. The Balaban J connectivity index is 3.09. The summed E-state index contributed by atoms with van der Waals surface area (Å²) in [6, 6.07) is 4.16. The van der Waals surface area contributed by atoms with Crippen LogP contribution in [0.5, 0.6) is 5.75 Å². The molecule has 0 unspecified atom stereocenters. The lowest BCUT2D eigenvalue weighted by Crippen LogP contribution is -2.08. The molecule has 0 bridgehead atoms. The first-order valence-electron chi connectivity index (χ1n) is 4.02. The molecule has 0 saturated heterocycles. The number of nitrogen functional groups attached to an aromatic ring is 1. The summed E-state index contributed by atoms with van der Waals surface area (Å²) in [6.45, 7) is 3.21. The van der Waals surface area contributed by atoms with Gasteiger partial charge in [0.2, 0.25) is 0 Å². The van der Waals surface area contributed by atoms with E-state index < -0.39 is 11.9 Å². The van der Waals surface area contributed by atoms with Crippen LogP contribution in [0, 0.1) is 0 Å². The van der Waals surface area contributed by atoms with E-state index in [0.29, 0.717) is 0 Å². The van der Waals surface area contributed by atoms with Gasteiger partial charge in [-0.1, -0.05) is 12.6 Å². The van der Waals surface area contributed by atoms with Crippen LogP contribution < -0.4 is 10.5 Å². The van der Waals surface area contributed by atoms with Gasteiger partial charge in [-0.25, -0.2) is 9.59 Å². The zero-order valence-electron chi connectivity index (χ0n) is 7.77. The number of nitrogens with two attached hydrogens (primary N) is 1. The summed E-state index contributed by atoms with van der Waals surface area (Å²) in [6.07, 6.45) is 0.965. The second-order valence-electron chi connectivity index (χ2n) is 2.65. The lowest BCUT2D eigenvalue weighted by atomic mass is 10.1. The van der Waals surface area contributed by atoms with E-state index in [1.165, 1.54) is 18.2 Å². The van der Waals surface area contributed by atoms with E-state index in [9.17, 15) is 9.59 Å². The second kappa shape index (κ2) is 4.28. The van der Waals surface area contributed by atoms with Crippen LogP contribution in [0.3, 0.4) is 0 Å². The molecule has 1 rings (SSSR count). The van der Waals surface area contributed by atoms with E-state index in [-0.39, 0.29) is 17.0 Å². The van der Waals surface area contributed by atoms with Crippen molar-refractivity contribution >= 4 is 17.6 Å². The highest BCUT2D eigenvalue weighted by Gasteiger charge is 2.13. The largest absolute Gasteiger partial charge is 0.478 e. The van der Waals surface area contributed by atoms with Crippen molar-refractivity contribution in [2.45, 2.75) is 0 Å². The topological polar surface area (TPSA) is 89.6 Å². The number of benzene rings is 1. The average molecular weight is 207 g/mol. The van der Waals surface area contributed by atoms with Crippen molar-refractivity contribution in [1.82, 2.24) is 0 Å². The molecule has 0 amide bonds. The van der Waals surface area contributed by atoms with Crippen LogP contribution >= 0.6 is 0 Å². The summed E-state index contributed by atoms with van der Waals surface area (Å²) in [7, 11) is 0. The van der Waals surface area contributed by atoms with Crippen molar-refractivity contribution < 1.29 is 19.4 Å². The standard InChI is InChI=1S/C10H9NO4/c1-2-8(12)15-7-5-3-4-6(9(7)11)10(13)14/h2-5H,1,11H2,(H,13,14). The number of carboxylic acid groups (broad SMARTS) is 1. The van der Waals surface area contributed by atoms with E-state index in [1.807, 2.05) is 0 Å². The maximum Gasteiger partial charge on any atom is 0.337 e. The molecule has 0 aliphatic carbocycles. The molecule has 0 aliphatic rings. The third kappa shape index (κ3) is 2.34. The van der Waals surface area contributed by atoms with Gasteiger partial charge in [0.1, 0.15) is 0 Å². The fourth-order valence-electron chi connectivity index (χ4n) is 0.970. The summed E-state index contributed by atoms with van der Waals surface area (Å²) in [5.74, 6) is -1.85. The van der Waals surface area contributed by atoms with Gasteiger partial charge in [-0.3, -0.25) is 0 Å². The average Bonchev–Trinajstić information content (AvgIpc) is 2.20. The number of hydrogen-bond donors (Lipinski definition) is 2. The van der Waals surface area contributed by atoms with Crippen LogP contribution in [0.4, 0.5) is 5.69 Å². The highest BCUT2D eigenvalue weighted by atomic mass is 16.5. The van der Waals surface area contributed by atoms with Crippen molar-refractivity contribution in [3.05, 3.63) is 36.4 Å². The third-order valence-corrected chi connectivity index (χ3v) is 1.67. The first-order chi connectivity index (χ1) is 7.06. The number of carboxylic acids is 1. The molecule has 0 atom stereocenters. The van der Waals surface area contributed by atoms with Crippen LogP contribution in [0.15, 0.2) is 30.9 Å². The Kier molecular flexibility index (Phi) is 3.07. The molecule has 1 aromatic carbocycles. The normalized spacial score (nSPS) is 9.33.